The van der Waals surface area contributed by atoms with Crippen LogP contribution in [0.1, 0.15) is 52.5 Å². The van der Waals surface area contributed by atoms with Crippen LogP contribution in [0.15, 0.2) is 43.0 Å². The van der Waals surface area contributed by atoms with Gasteiger partial charge in [0.2, 0.25) is 0 Å². The maximum atomic E-state index is 12.5. The van der Waals surface area contributed by atoms with E-state index >= 15 is 0 Å². The summed E-state index contributed by atoms with van der Waals surface area (Å²) in [7, 11) is 1.50. The minimum atomic E-state index is -0.0673. The van der Waals surface area contributed by atoms with Gasteiger partial charge in [0.1, 0.15) is 0 Å². The molecule has 0 bridgehead atoms. The summed E-state index contributed by atoms with van der Waals surface area (Å²) in [5.74, 6) is 0.490. The molecule has 0 fully saturated rings. The van der Waals surface area contributed by atoms with Gasteiger partial charge in [0, 0.05) is 0 Å². The molecule has 2 nitrogen and oxygen atoms in total. The van der Waals surface area contributed by atoms with Crippen LogP contribution in [-0.2, 0) is 16.0 Å². The number of carbonyl (C=O) groups excluding carboxylic acids is 1. The van der Waals surface area contributed by atoms with Crippen molar-refractivity contribution in [1.82, 2.24) is 0 Å². The summed E-state index contributed by atoms with van der Waals surface area (Å²) >= 11 is 0. The fourth-order valence-corrected chi connectivity index (χ4v) is 3.53. The predicted octanol–water partition coefficient (Wildman–Crippen LogP) is 5.67. The Hall–Kier alpha value is -1.57. The van der Waals surface area contributed by atoms with Crippen molar-refractivity contribution in [2.24, 2.45) is 23.2 Å². The first-order chi connectivity index (χ1) is 11.3. The highest BCUT2D eigenvalue weighted by molar-refractivity contribution is 5.73. The molecular weight excluding hydrogens is 296 g/mol. The summed E-state index contributed by atoms with van der Waals surface area (Å²) in [5.41, 5.74) is 1.36. The van der Waals surface area contributed by atoms with Gasteiger partial charge in [0.25, 0.3) is 0 Å². The molecule has 2 heteroatoms. The van der Waals surface area contributed by atoms with Gasteiger partial charge in [0.15, 0.2) is 0 Å². The van der Waals surface area contributed by atoms with Gasteiger partial charge in [-0.2, -0.15) is 0 Å². The zero-order valence-corrected chi connectivity index (χ0v) is 16.0. The van der Waals surface area contributed by atoms with Crippen molar-refractivity contribution in [3.05, 3.63) is 48.6 Å². The first kappa shape index (κ1) is 20.5. The van der Waals surface area contributed by atoms with E-state index in [0.29, 0.717) is 11.8 Å². The van der Waals surface area contributed by atoms with Crippen molar-refractivity contribution >= 4 is 5.97 Å². The van der Waals surface area contributed by atoms with E-state index in [4.69, 9.17) is 4.74 Å². The van der Waals surface area contributed by atoms with Crippen molar-refractivity contribution in [1.29, 1.82) is 0 Å². The molecule has 3 unspecified atom stereocenters. The maximum absolute atomic E-state index is 12.5. The molecule has 3 atom stereocenters. The van der Waals surface area contributed by atoms with Gasteiger partial charge < -0.3 is 4.74 Å². The molecular formula is C22H34O2. The Balaban J connectivity index is 2.85. The number of hydrogen-bond donors (Lipinski definition) is 0. The molecule has 0 radical (unpaired) electrons. The van der Waals surface area contributed by atoms with Gasteiger partial charge in [-0.05, 0) is 42.1 Å². The first-order valence-corrected chi connectivity index (χ1v) is 9.10. The largest absolute Gasteiger partial charge is 0.469 e. The highest BCUT2D eigenvalue weighted by atomic mass is 16.5. The van der Waals surface area contributed by atoms with Crippen molar-refractivity contribution in [3.63, 3.8) is 0 Å². The molecule has 1 rings (SSSR count). The van der Waals surface area contributed by atoms with Crippen molar-refractivity contribution in [3.8, 4) is 0 Å². The van der Waals surface area contributed by atoms with Crippen LogP contribution in [-0.4, -0.2) is 13.1 Å². The van der Waals surface area contributed by atoms with E-state index in [1.54, 1.807) is 0 Å². The van der Waals surface area contributed by atoms with Gasteiger partial charge >= 0.3 is 5.97 Å². The molecule has 0 aliphatic heterocycles. The lowest BCUT2D eigenvalue weighted by molar-refractivity contribution is -0.150. The van der Waals surface area contributed by atoms with Crippen LogP contribution >= 0.6 is 0 Å². The lowest BCUT2D eigenvalue weighted by Gasteiger charge is -2.34. The second-order valence-electron chi connectivity index (χ2n) is 7.62. The third-order valence-electron chi connectivity index (χ3n) is 5.19. The van der Waals surface area contributed by atoms with E-state index in [0.717, 1.165) is 25.7 Å². The summed E-state index contributed by atoms with van der Waals surface area (Å²) in [6.45, 7) is 12.7. The Bertz CT molecular complexity index is 504. The Morgan fingerprint density at radius 1 is 1.29 bits per heavy atom. The monoisotopic (exact) mass is 330 g/mol. The molecule has 0 spiro atoms. The summed E-state index contributed by atoms with van der Waals surface area (Å²) in [4.78, 5) is 12.5. The second kappa shape index (κ2) is 9.66. The van der Waals surface area contributed by atoms with E-state index < -0.39 is 0 Å². The zero-order chi connectivity index (χ0) is 18.2. The third kappa shape index (κ3) is 6.14. The summed E-state index contributed by atoms with van der Waals surface area (Å²) in [6.07, 6.45) is 5.93. The van der Waals surface area contributed by atoms with Crippen LogP contribution in [0.5, 0.6) is 0 Å². The minimum absolute atomic E-state index is 0.0338. The lowest BCUT2D eigenvalue weighted by Crippen LogP contribution is -2.33. The smallest absolute Gasteiger partial charge is 0.309 e. The van der Waals surface area contributed by atoms with Crippen LogP contribution < -0.4 is 0 Å². The van der Waals surface area contributed by atoms with E-state index in [9.17, 15) is 4.79 Å². The maximum Gasteiger partial charge on any atom is 0.309 e. The number of benzene rings is 1. The molecule has 0 aliphatic carbocycles. The van der Waals surface area contributed by atoms with E-state index in [2.05, 4.69) is 58.5 Å². The van der Waals surface area contributed by atoms with Crippen molar-refractivity contribution < 1.29 is 9.53 Å². The summed E-state index contributed by atoms with van der Waals surface area (Å²) < 4.78 is 5.15. The Labute approximate surface area is 148 Å². The molecule has 24 heavy (non-hydrogen) atoms. The molecule has 0 N–H and O–H groups in total. The second-order valence-corrected chi connectivity index (χ2v) is 7.62. The Kier molecular flexibility index (Phi) is 8.24. The summed E-state index contributed by atoms with van der Waals surface area (Å²) in [5, 5.41) is 0. The fraction of sp³-hybridized carbons (Fsp3) is 0.591. The number of allylic oxidation sites excluding steroid dienone is 1. The van der Waals surface area contributed by atoms with Crippen LogP contribution in [0.2, 0.25) is 0 Å². The SMILES string of the molecule is C=CC(C)(C)CC(CC)C(C(=O)OC)C(C)CCc1ccccc1. The average molecular weight is 331 g/mol. The van der Waals surface area contributed by atoms with Crippen molar-refractivity contribution in [2.45, 2.75) is 53.4 Å². The lowest BCUT2D eigenvalue weighted by atomic mass is 9.71. The van der Waals surface area contributed by atoms with Crippen LogP contribution in [0.4, 0.5) is 0 Å². The molecule has 1 aromatic rings. The molecule has 0 amide bonds. The highest BCUT2D eigenvalue weighted by Gasteiger charge is 2.35. The van der Waals surface area contributed by atoms with Gasteiger partial charge in [-0.1, -0.05) is 70.5 Å². The molecule has 1 aromatic carbocycles. The van der Waals surface area contributed by atoms with Gasteiger partial charge in [-0.15, -0.1) is 6.58 Å². The standard InChI is InChI=1S/C22H34O2/c1-7-19(16-22(4,5)8-2)20(21(23)24-6)17(3)14-15-18-12-10-9-11-13-18/h8-13,17,19-20H,2,7,14-16H2,1,3-6H3. The number of carbonyl (C=O) groups is 1. The Morgan fingerprint density at radius 2 is 1.92 bits per heavy atom. The number of hydrogen-bond acceptors (Lipinski definition) is 2. The molecule has 0 saturated heterocycles. The topological polar surface area (TPSA) is 26.3 Å². The first-order valence-electron chi connectivity index (χ1n) is 9.10. The quantitative estimate of drug-likeness (QED) is 0.408. The third-order valence-corrected chi connectivity index (χ3v) is 5.19. The van der Waals surface area contributed by atoms with Crippen LogP contribution in [0.3, 0.4) is 0 Å². The normalized spacial score (nSPS) is 15.4. The number of aryl methyl sites for hydroxylation is 1. The minimum Gasteiger partial charge on any atom is -0.469 e. The van der Waals surface area contributed by atoms with Gasteiger partial charge in [-0.25, -0.2) is 0 Å². The molecule has 0 saturated carbocycles. The average Bonchev–Trinajstić information content (AvgIpc) is 2.59. The van der Waals surface area contributed by atoms with Gasteiger partial charge in [-0.3, -0.25) is 4.79 Å². The molecule has 0 aromatic heterocycles. The summed E-state index contributed by atoms with van der Waals surface area (Å²) in [6, 6.07) is 10.5. The Morgan fingerprint density at radius 3 is 2.42 bits per heavy atom. The van der Waals surface area contributed by atoms with Gasteiger partial charge in [0.05, 0.1) is 13.0 Å². The molecule has 0 heterocycles. The molecule has 0 aliphatic rings. The number of esters is 1. The van der Waals surface area contributed by atoms with Crippen LogP contribution in [0.25, 0.3) is 0 Å². The highest BCUT2D eigenvalue weighted by Crippen LogP contribution is 2.37. The van der Waals surface area contributed by atoms with Crippen molar-refractivity contribution in [2.75, 3.05) is 7.11 Å². The number of rotatable bonds is 10. The fourth-order valence-electron chi connectivity index (χ4n) is 3.53. The number of methoxy groups -OCH3 is 1. The zero-order valence-electron chi connectivity index (χ0n) is 16.0. The predicted molar refractivity (Wildman–Crippen MR) is 102 cm³/mol. The molecule has 134 valence electrons. The number of ether oxygens (including phenoxy) is 1. The van der Waals surface area contributed by atoms with E-state index in [1.165, 1.54) is 12.7 Å². The van der Waals surface area contributed by atoms with E-state index in [1.807, 2.05) is 12.1 Å². The van der Waals surface area contributed by atoms with E-state index in [-0.39, 0.29) is 17.3 Å². The van der Waals surface area contributed by atoms with Crippen LogP contribution in [0, 0.1) is 23.2 Å².